The summed E-state index contributed by atoms with van der Waals surface area (Å²) in [4.78, 5) is 34.1. The van der Waals surface area contributed by atoms with Crippen molar-refractivity contribution in [3.63, 3.8) is 0 Å². The number of aromatic nitrogens is 2. The zero-order valence-corrected chi connectivity index (χ0v) is 15.8. The maximum absolute atomic E-state index is 12.5. The normalized spacial score (nSPS) is 18.2. The number of carbonyl (C=O) groups excluding carboxylic acids is 2. The second kappa shape index (κ2) is 8.20. The van der Waals surface area contributed by atoms with E-state index in [1.165, 1.54) is 19.5 Å². The Balaban J connectivity index is 1.87. The van der Waals surface area contributed by atoms with Gasteiger partial charge in [0.1, 0.15) is 17.7 Å². The molecule has 9 heteroatoms. The number of likely N-dealkylation sites (tertiary alicyclic amines) is 1. The topological polar surface area (TPSA) is 103 Å². The third kappa shape index (κ3) is 5.47. The highest BCUT2D eigenvalue weighted by molar-refractivity contribution is 5.85. The van der Waals surface area contributed by atoms with Crippen molar-refractivity contribution in [2.45, 2.75) is 51.9 Å². The molecule has 0 saturated carbocycles. The quantitative estimate of drug-likeness (QED) is 0.839. The van der Waals surface area contributed by atoms with E-state index in [9.17, 15) is 9.59 Å². The van der Waals surface area contributed by atoms with Crippen LogP contribution in [-0.4, -0.2) is 64.8 Å². The highest BCUT2D eigenvalue weighted by Crippen LogP contribution is 2.24. The van der Waals surface area contributed by atoms with Gasteiger partial charge < -0.3 is 24.4 Å². The Kier molecular flexibility index (Phi) is 6.23. The Bertz CT molecular complexity index is 646. The first-order valence-electron chi connectivity index (χ1n) is 8.49. The molecule has 2 rings (SSSR count). The number of nitrogens with zero attached hydrogens (tertiary/aromatic N) is 3. The number of amides is 2. The summed E-state index contributed by atoms with van der Waals surface area (Å²) in [7, 11) is 1.49. The van der Waals surface area contributed by atoms with Crippen LogP contribution in [0.4, 0.5) is 4.79 Å². The van der Waals surface area contributed by atoms with Crippen LogP contribution in [0.3, 0.4) is 0 Å². The van der Waals surface area contributed by atoms with Crippen molar-refractivity contribution >= 4 is 12.0 Å². The van der Waals surface area contributed by atoms with E-state index in [1.54, 1.807) is 32.6 Å². The van der Waals surface area contributed by atoms with E-state index < -0.39 is 17.7 Å². The maximum atomic E-state index is 12.5. The molecule has 2 heterocycles. The first-order valence-corrected chi connectivity index (χ1v) is 8.49. The Morgan fingerprint density at radius 1 is 1.27 bits per heavy atom. The van der Waals surface area contributed by atoms with Crippen LogP contribution in [-0.2, 0) is 9.53 Å². The lowest BCUT2D eigenvalue weighted by Crippen LogP contribution is -2.47. The maximum Gasteiger partial charge on any atom is 0.408 e. The van der Waals surface area contributed by atoms with Crippen molar-refractivity contribution < 1.29 is 23.8 Å². The monoisotopic (exact) mass is 366 g/mol. The summed E-state index contributed by atoms with van der Waals surface area (Å²) in [6, 6.07) is -0.686. The van der Waals surface area contributed by atoms with Crippen molar-refractivity contribution in [2.75, 3.05) is 20.2 Å². The van der Waals surface area contributed by atoms with Gasteiger partial charge in [0, 0.05) is 25.4 Å². The van der Waals surface area contributed by atoms with Gasteiger partial charge in [-0.25, -0.2) is 14.8 Å². The molecule has 1 aliphatic rings. The number of hydrogen-bond donors (Lipinski definition) is 1. The Morgan fingerprint density at radius 2 is 1.92 bits per heavy atom. The summed E-state index contributed by atoms with van der Waals surface area (Å²) in [5.41, 5.74) is -0.616. The highest BCUT2D eigenvalue weighted by atomic mass is 16.6. The van der Waals surface area contributed by atoms with Crippen molar-refractivity contribution in [2.24, 2.45) is 0 Å². The van der Waals surface area contributed by atoms with E-state index in [-0.39, 0.29) is 12.0 Å². The number of rotatable bonds is 5. The third-order valence-electron chi connectivity index (χ3n) is 3.67. The van der Waals surface area contributed by atoms with Gasteiger partial charge in [0.15, 0.2) is 0 Å². The average molecular weight is 366 g/mol. The number of ether oxygens (including phenoxy) is 3. The number of methoxy groups -OCH3 is 1. The minimum atomic E-state index is -0.686. The van der Waals surface area contributed by atoms with Crippen LogP contribution in [0, 0.1) is 0 Å². The lowest BCUT2D eigenvalue weighted by atomic mass is 10.2. The molecule has 2 amide bonds. The highest BCUT2D eigenvalue weighted by Gasteiger charge is 2.32. The molecule has 1 saturated heterocycles. The lowest BCUT2D eigenvalue weighted by molar-refractivity contribution is -0.132. The fourth-order valence-electron chi connectivity index (χ4n) is 2.54. The number of hydrogen-bond acceptors (Lipinski definition) is 7. The van der Waals surface area contributed by atoms with Crippen LogP contribution in [0.5, 0.6) is 11.8 Å². The van der Waals surface area contributed by atoms with Gasteiger partial charge in [0.2, 0.25) is 5.91 Å². The molecule has 0 aliphatic carbocycles. The molecular formula is C17H26N4O5. The molecule has 2 unspecified atom stereocenters. The van der Waals surface area contributed by atoms with Crippen LogP contribution in [0.15, 0.2) is 12.4 Å². The van der Waals surface area contributed by atoms with E-state index >= 15 is 0 Å². The standard InChI is InChI=1S/C17H26N4O5/c1-11(20-16(23)26-17(2,3)4)15(22)21-9-6-12(10-21)25-14-13(24-5)18-7-8-19-14/h7-8,11-12H,6,9-10H2,1-5H3,(H,20,23). The van der Waals surface area contributed by atoms with E-state index in [4.69, 9.17) is 14.2 Å². The van der Waals surface area contributed by atoms with Gasteiger partial charge in [0.25, 0.3) is 11.8 Å². The summed E-state index contributed by atoms with van der Waals surface area (Å²) in [5, 5.41) is 2.56. The van der Waals surface area contributed by atoms with Gasteiger partial charge in [-0.05, 0) is 27.7 Å². The second-order valence-corrected chi connectivity index (χ2v) is 7.05. The first kappa shape index (κ1) is 19.7. The van der Waals surface area contributed by atoms with E-state index in [0.29, 0.717) is 31.3 Å². The SMILES string of the molecule is COc1nccnc1OC1CCN(C(=O)C(C)NC(=O)OC(C)(C)C)C1. The van der Waals surface area contributed by atoms with E-state index in [2.05, 4.69) is 15.3 Å². The second-order valence-electron chi connectivity index (χ2n) is 7.05. The van der Waals surface area contributed by atoms with E-state index in [0.717, 1.165) is 0 Å². The number of carbonyl (C=O) groups is 2. The minimum absolute atomic E-state index is 0.187. The summed E-state index contributed by atoms with van der Waals surface area (Å²) < 4.78 is 16.1. The molecule has 1 aliphatic heterocycles. The predicted octanol–water partition coefficient (Wildman–Crippen LogP) is 1.38. The summed E-state index contributed by atoms with van der Waals surface area (Å²) in [6.45, 7) is 7.87. The Hall–Kier alpha value is -2.58. The largest absolute Gasteiger partial charge is 0.477 e. The molecule has 0 bridgehead atoms. The van der Waals surface area contributed by atoms with Gasteiger partial charge >= 0.3 is 6.09 Å². The molecule has 1 aromatic rings. The molecule has 2 atom stereocenters. The third-order valence-corrected chi connectivity index (χ3v) is 3.67. The lowest BCUT2D eigenvalue weighted by Gasteiger charge is -2.24. The Labute approximate surface area is 153 Å². The molecule has 1 fully saturated rings. The molecule has 1 N–H and O–H groups in total. The zero-order chi connectivity index (χ0) is 19.3. The van der Waals surface area contributed by atoms with Gasteiger partial charge in [-0.3, -0.25) is 4.79 Å². The average Bonchev–Trinajstić information content (AvgIpc) is 3.01. The molecule has 1 aromatic heterocycles. The predicted molar refractivity (Wildman–Crippen MR) is 93.0 cm³/mol. The molecule has 0 radical (unpaired) electrons. The summed E-state index contributed by atoms with van der Waals surface area (Å²) in [5.74, 6) is 0.416. The number of alkyl carbamates (subject to hydrolysis) is 1. The van der Waals surface area contributed by atoms with Crippen LogP contribution in [0.1, 0.15) is 34.1 Å². The fourth-order valence-corrected chi connectivity index (χ4v) is 2.54. The minimum Gasteiger partial charge on any atom is -0.477 e. The number of nitrogens with one attached hydrogen (secondary N) is 1. The van der Waals surface area contributed by atoms with Gasteiger partial charge in [-0.15, -0.1) is 0 Å². The van der Waals surface area contributed by atoms with Crippen molar-refractivity contribution in [3.8, 4) is 11.8 Å². The molecule has 0 aromatic carbocycles. The molecular weight excluding hydrogens is 340 g/mol. The van der Waals surface area contributed by atoms with Gasteiger partial charge in [-0.2, -0.15) is 0 Å². The molecule has 0 spiro atoms. The molecule has 9 nitrogen and oxygen atoms in total. The first-order chi connectivity index (χ1) is 12.2. The van der Waals surface area contributed by atoms with Crippen molar-refractivity contribution in [3.05, 3.63) is 12.4 Å². The Morgan fingerprint density at radius 3 is 2.54 bits per heavy atom. The molecule has 144 valence electrons. The van der Waals surface area contributed by atoms with Crippen LogP contribution in [0.25, 0.3) is 0 Å². The van der Waals surface area contributed by atoms with Crippen LogP contribution in [0.2, 0.25) is 0 Å². The van der Waals surface area contributed by atoms with Gasteiger partial charge in [0.05, 0.1) is 13.7 Å². The van der Waals surface area contributed by atoms with Gasteiger partial charge in [-0.1, -0.05) is 0 Å². The zero-order valence-electron chi connectivity index (χ0n) is 15.8. The van der Waals surface area contributed by atoms with E-state index in [1.807, 2.05) is 0 Å². The summed E-state index contributed by atoms with van der Waals surface area (Å²) >= 11 is 0. The molecule has 26 heavy (non-hydrogen) atoms. The van der Waals surface area contributed by atoms with Crippen molar-refractivity contribution in [1.29, 1.82) is 0 Å². The smallest absolute Gasteiger partial charge is 0.408 e. The van der Waals surface area contributed by atoms with Crippen molar-refractivity contribution in [1.82, 2.24) is 20.2 Å². The van der Waals surface area contributed by atoms with Crippen LogP contribution < -0.4 is 14.8 Å². The fraction of sp³-hybridized carbons (Fsp3) is 0.647. The van der Waals surface area contributed by atoms with Crippen LogP contribution >= 0.6 is 0 Å². The summed E-state index contributed by atoms with van der Waals surface area (Å²) in [6.07, 6.45) is 2.86.